The average Bonchev–Trinajstić information content (AvgIpc) is 2.92. The van der Waals surface area contributed by atoms with Crippen molar-refractivity contribution in [3.8, 4) is 0 Å². The minimum atomic E-state index is -0.881. The van der Waals surface area contributed by atoms with Crippen LogP contribution in [0.5, 0.6) is 0 Å². The van der Waals surface area contributed by atoms with Gasteiger partial charge >= 0.3 is 5.97 Å². The third kappa shape index (κ3) is 4.50. The molecule has 2 N–H and O–H groups in total. The molecule has 0 atom stereocenters. The maximum Gasteiger partial charge on any atom is 0.303 e. The molecule has 2 aromatic rings. The van der Waals surface area contributed by atoms with Gasteiger partial charge in [-0.1, -0.05) is 6.07 Å². The number of carboxylic acids is 1. The number of amides is 1. The van der Waals surface area contributed by atoms with Crippen LogP contribution < -0.4 is 5.43 Å². The molecule has 0 spiro atoms. The van der Waals surface area contributed by atoms with Crippen molar-refractivity contribution in [3.63, 3.8) is 0 Å². The van der Waals surface area contributed by atoms with Crippen LogP contribution in [0.4, 0.5) is 0 Å². The lowest BCUT2D eigenvalue weighted by atomic mass is 10.1. The van der Waals surface area contributed by atoms with Crippen LogP contribution in [-0.4, -0.2) is 27.7 Å². The van der Waals surface area contributed by atoms with Gasteiger partial charge in [0.05, 0.1) is 12.1 Å². The lowest BCUT2D eigenvalue weighted by Crippen LogP contribution is -2.20. The summed E-state index contributed by atoms with van der Waals surface area (Å²) in [7, 11) is 0. The SMILES string of the molecule is C/C(=N/NC(=O)c1ccccn1)c1cc(CCC(=O)O)oc1C. The van der Waals surface area contributed by atoms with Gasteiger partial charge in [0.1, 0.15) is 17.2 Å². The number of aryl methyl sites for hydroxylation is 2. The second kappa shape index (κ2) is 7.35. The van der Waals surface area contributed by atoms with Crippen LogP contribution in [-0.2, 0) is 11.2 Å². The zero-order valence-corrected chi connectivity index (χ0v) is 12.9. The van der Waals surface area contributed by atoms with Crippen molar-refractivity contribution < 1.29 is 19.1 Å². The Labute approximate surface area is 133 Å². The van der Waals surface area contributed by atoms with Crippen LogP contribution >= 0.6 is 0 Å². The van der Waals surface area contributed by atoms with Crippen molar-refractivity contribution in [2.75, 3.05) is 0 Å². The highest BCUT2D eigenvalue weighted by molar-refractivity contribution is 6.01. The Morgan fingerprint density at radius 2 is 2.17 bits per heavy atom. The van der Waals surface area contributed by atoms with Gasteiger partial charge in [-0.05, 0) is 32.0 Å². The molecule has 1 amide bonds. The monoisotopic (exact) mass is 315 g/mol. The summed E-state index contributed by atoms with van der Waals surface area (Å²) in [4.78, 5) is 26.4. The summed E-state index contributed by atoms with van der Waals surface area (Å²) in [6.45, 7) is 3.50. The number of hydrazone groups is 1. The third-order valence-electron chi connectivity index (χ3n) is 3.17. The first-order valence-corrected chi connectivity index (χ1v) is 7.04. The minimum Gasteiger partial charge on any atom is -0.481 e. The summed E-state index contributed by atoms with van der Waals surface area (Å²) in [5.74, 6) is -0.0879. The second-order valence-electron chi connectivity index (χ2n) is 4.93. The number of hydrogen-bond acceptors (Lipinski definition) is 5. The molecule has 0 unspecified atom stereocenters. The Morgan fingerprint density at radius 1 is 1.39 bits per heavy atom. The van der Waals surface area contributed by atoms with Gasteiger partial charge in [0.2, 0.25) is 0 Å². The first-order chi connectivity index (χ1) is 11.0. The predicted octanol–water partition coefficient (Wildman–Crippen LogP) is 2.15. The van der Waals surface area contributed by atoms with E-state index in [2.05, 4.69) is 15.5 Å². The van der Waals surface area contributed by atoms with Gasteiger partial charge in [-0.3, -0.25) is 14.6 Å². The van der Waals surface area contributed by atoms with E-state index in [1.165, 1.54) is 6.20 Å². The predicted molar refractivity (Wildman–Crippen MR) is 83.3 cm³/mol. The smallest absolute Gasteiger partial charge is 0.303 e. The van der Waals surface area contributed by atoms with E-state index in [1.54, 1.807) is 38.1 Å². The van der Waals surface area contributed by atoms with E-state index >= 15 is 0 Å². The Morgan fingerprint density at radius 3 is 2.83 bits per heavy atom. The molecule has 2 heterocycles. The van der Waals surface area contributed by atoms with E-state index in [0.717, 1.165) is 5.56 Å². The van der Waals surface area contributed by atoms with E-state index in [9.17, 15) is 9.59 Å². The van der Waals surface area contributed by atoms with Gasteiger partial charge in [-0.2, -0.15) is 5.10 Å². The van der Waals surface area contributed by atoms with E-state index in [1.807, 2.05) is 0 Å². The molecular formula is C16H17N3O4. The van der Waals surface area contributed by atoms with E-state index < -0.39 is 11.9 Å². The van der Waals surface area contributed by atoms with Crippen molar-refractivity contribution in [2.45, 2.75) is 26.7 Å². The fourth-order valence-electron chi connectivity index (χ4n) is 2.01. The van der Waals surface area contributed by atoms with E-state index in [-0.39, 0.29) is 12.1 Å². The molecule has 0 radical (unpaired) electrons. The topological polar surface area (TPSA) is 105 Å². The normalized spacial score (nSPS) is 11.3. The molecular weight excluding hydrogens is 298 g/mol. The van der Waals surface area contributed by atoms with Crippen LogP contribution in [0, 0.1) is 6.92 Å². The molecule has 0 aliphatic rings. The Kier molecular flexibility index (Phi) is 5.24. The molecule has 2 aromatic heterocycles. The largest absolute Gasteiger partial charge is 0.481 e. The number of pyridine rings is 1. The fourth-order valence-corrected chi connectivity index (χ4v) is 2.01. The van der Waals surface area contributed by atoms with Gasteiger partial charge < -0.3 is 9.52 Å². The van der Waals surface area contributed by atoms with Crippen LogP contribution in [0.2, 0.25) is 0 Å². The Hall–Kier alpha value is -2.96. The second-order valence-corrected chi connectivity index (χ2v) is 4.93. The summed E-state index contributed by atoms with van der Waals surface area (Å²) in [6.07, 6.45) is 1.84. The summed E-state index contributed by atoms with van der Waals surface area (Å²) >= 11 is 0. The number of carbonyl (C=O) groups excluding carboxylic acids is 1. The quantitative estimate of drug-likeness (QED) is 0.628. The Bertz CT molecular complexity index is 735. The highest BCUT2D eigenvalue weighted by Gasteiger charge is 2.12. The molecule has 2 rings (SSSR count). The molecule has 0 fully saturated rings. The third-order valence-corrected chi connectivity index (χ3v) is 3.17. The average molecular weight is 315 g/mol. The Balaban J connectivity index is 2.06. The van der Waals surface area contributed by atoms with Crippen molar-refractivity contribution in [2.24, 2.45) is 5.10 Å². The summed E-state index contributed by atoms with van der Waals surface area (Å²) in [5.41, 5.74) is 4.00. The van der Waals surface area contributed by atoms with Gasteiger partial charge in [0, 0.05) is 18.2 Å². The number of furan rings is 1. The molecule has 120 valence electrons. The first-order valence-electron chi connectivity index (χ1n) is 7.04. The maximum absolute atomic E-state index is 11.9. The molecule has 23 heavy (non-hydrogen) atoms. The van der Waals surface area contributed by atoms with Crippen LogP contribution in [0.15, 0.2) is 40.0 Å². The molecule has 0 saturated heterocycles. The maximum atomic E-state index is 11.9. The van der Waals surface area contributed by atoms with Crippen molar-refractivity contribution in [1.29, 1.82) is 0 Å². The fraction of sp³-hybridized carbons (Fsp3) is 0.250. The van der Waals surface area contributed by atoms with Crippen molar-refractivity contribution >= 4 is 17.6 Å². The number of rotatable bonds is 6. The standard InChI is InChI=1S/C16H17N3O4/c1-10(18-19-16(22)14-5-3-4-8-17-14)13-9-12(23-11(13)2)6-7-15(20)21/h3-5,8-9H,6-7H2,1-2H3,(H,19,22)(H,20,21)/b18-10-. The molecule has 7 heteroatoms. The zero-order valence-electron chi connectivity index (χ0n) is 12.9. The molecule has 0 aliphatic heterocycles. The summed E-state index contributed by atoms with van der Waals surface area (Å²) < 4.78 is 5.51. The zero-order chi connectivity index (χ0) is 16.8. The highest BCUT2D eigenvalue weighted by Crippen LogP contribution is 2.17. The molecule has 0 aliphatic carbocycles. The van der Waals surface area contributed by atoms with E-state index in [4.69, 9.17) is 9.52 Å². The molecule has 7 nitrogen and oxygen atoms in total. The van der Waals surface area contributed by atoms with Crippen molar-refractivity contribution in [1.82, 2.24) is 10.4 Å². The minimum absolute atomic E-state index is 0.000996. The lowest BCUT2D eigenvalue weighted by Gasteiger charge is -2.01. The van der Waals surface area contributed by atoms with Gasteiger partial charge in [-0.15, -0.1) is 0 Å². The number of nitrogens with one attached hydrogen (secondary N) is 1. The molecule has 0 aromatic carbocycles. The van der Waals surface area contributed by atoms with Gasteiger partial charge in [0.15, 0.2) is 0 Å². The summed E-state index contributed by atoms with van der Waals surface area (Å²) in [6, 6.07) is 6.77. The number of hydrogen-bond donors (Lipinski definition) is 2. The molecule has 0 saturated carbocycles. The lowest BCUT2D eigenvalue weighted by molar-refractivity contribution is -0.137. The van der Waals surface area contributed by atoms with E-state index in [0.29, 0.717) is 23.7 Å². The molecule has 0 bridgehead atoms. The van der Waals surface area contributed by atoms with Crippen LogP contribution in [0.3, 0.4) is 0 Å². The van der Waals surface area contributed by atoms with Crippen LogP contribution in [0.1, 0.15) is 40.9 Å². The first kappa shape index (κ1) is 16.4. The number of aliphatic carboxylic acids is 1. The highest BCUT2D eigenvalue weighted by atomic mass is 16.4. The van der Waals surface area contributed by atoms with Gasteiger partial charge in [0.25, 0.3) is 5.91 Å². The number of carboxylic acid groups (broad SMARTS) is 1. The van der Waals surface area contributed by atoms with Crippen molar-refractivity contribution in [3.05, 3.63) is 53.2 Å². The number of carbonyl (C=O) groups is 2. The van der Waals surface area contributed by atoms with Crippen LogP contribution in [0.25, 0.3) is 0 Å². The number of nitrogens with zero attached hydrogens (tertiary/aromatic N) is 2. The summed E-state index contributed by atoms with van der Waals surface area (Å²) in [5, 5.41) is 12.7. The van der Waals surface area contributed by atoms with Gasteiger partial charge in [-0.25, -0.2) is 5.43 Å². The number of aromatic nitrogens is 1.